The molecule has 0 saturated heterocycles. The summed E-state index contributed by atoms with van der Waals surface area (Å²) in [5.74, 6) is 0. The predicted octanol–water partition coefficient (Wildman–Crippen LogP) is 8.50. The van der Waals surface area contributed by atoms with Crippen molar-refractivity contribution in [2.24, 2.45) is 0 Å². The van der Waals surface area contributed by atoms with Crippen molar-refractivity contribution in [2.75, 3.05) is 17.7 Å². The topological polar surface area (TPSA) is 47.9 Å². The molecule has 0 heterocycles. The molecule has 0 saturated carbocycles. The summed E-state index contributed by atoms with van der Waals surface area (Å²) in [7, 11) is 1.96. The first kappa shape index (κ1) is 27.4. The van der Waals surface area contributed by atoms with Crippen LogP contribution in [0.2, 0.25) is 0 Å². The van der Waals surface area contributed by atoms with E-state index in [1.54, 1.807) is 0 Å². The number of rotatable bonds is 5. The lowest BCUT2D eigenvalue weighted by molar-refractivity contribution is 1.13. The van der Waals surface area contributed by atoms with Crippen LogP contribution in [-0.4, -0.2) is 13.8 Å². The molecule has 0 fully saturated rings. The van der Waals surface area contributed by atoms with E-state index < -0.39 is 0 Å². The highest BCUT2D eigenvalue weighted by atomic mass is 14.9. The highest BCUT2D eigenvalue weighted by molar-refractivity contribution is 5.79. The van der Waals surface area contributed by atoms with Crippen LogP contribution in [0.1, 0.15) is 33.4 Å². The van der Waals surface area contributed by atoms with E-state index in [0.29, 0.717) is 0 Å². The maximum absolute atomic E-state index is 5.50. The normalized spacial score (nSPS) is 9.77. The fourth-order valence-corrected chi connectivity index (χ4v) is 4.26. The number of anilines is 2. The fourth-order valence-electron chi connectivity index (χ4n) is 4.26. The molecule has 0 bridgehead atoms. The van der Waals surface area contributed by atoms with E-state index >= 15 is 0 Å². The molecule has 35 heavy (non-hydrogen) atoms. The van der Waals surface area contributed by atoms with Crippen LogP contribution in [0, 0.1) is 40.0 Å². The molecule has 0 aromatic heterocycles. The lowest BCUT2D eigenvalue weighted by Crippen LogP contribution is -2.00. The molecule has 4 aromatic rings. The summed E-state index contributed by atoms with van der Waals surface area (Å²) >= 11 is 0. The van der Waals surface area contributed by atoms with Crippen LogP contribution in [-0.2, 0) is 6.54 Å². The first-order valence-corrected chi connectivity index (χ1v) is 11.9. The van der Waals surface area contributed by atoms with E-state index in [1.165, 1.54) is 55.9 Å². The molecule has 3 nitrogen and oxygen atoms in total. The van der Waals surface area contributed by atoms with Crippen molar-refractivity contribution in [3.8, 4) is 11.1 Å². The van der Waals surface area contributed by atoms with Crippen LogP contribution < -0.4 is 10.6 Å². The number of aryl methyl sites for hydroxylation is 5. The summed E-state index contributed by atoms with van der Waals surface area (Å²) in [6, 6.07) is 30.1. The van der Waals surface area contributed by atoms with Gasteiger partial charge in [0.1, 0.15) is 0 Å². The lowest BCUT2D eigenvalue weighted by atomic mass is 9.99. The SMILES string of the molecule is C=N.CNc1ccccc1-c1ccccc1C.Cc1cc(C)cc(CNc2cc(C)cc(C)c2)c1. The standard InChI is InChI=1S/C17H21N.C14H15N.CH3N/c1-12-5-13(2)8-16(7-12)11-18-17-9-14(3)6-15(4)10-17;1-11-7-3-4-8-12(11)13-9-5-6-10-14(13)15-2;1-2/h5-10,18H,11H2,1-4H3;3-10,15H,1-2H3;2H,1H2. The second-order valence-corrected chi connectivity index (χ2v) is 8.84. The van der Waals surface area contributed by atoms with Crippen molar-refractivity contribution in [3.05, 3.63) is 118 Å². The minimum Gasteiger partial charge on any atom is -0.388 e. The summed E-state index contributed by atoms with van der Waals surface area (Å²) in [6.07, 6.45) is 0. The Hall–Kier alpha value is -3.85. The van der Waals surface area contributed by atoms with Crippen LogP contribution >= 0.6 is 0 Å². The van der Waals surface area contributed by atoms with Crippen LogP contribution in [0.25, 0.3) is 11.1 Å². The Bertz CT molecular complexity index is 1140. The summed E-state index contributed by atoms with van der Waals surface area (Å²) in [5.41, 5.74) is 12.8. The second-order valence-electron chi connectivity index (χ2n) is 8.84. The zero-order valence-corrected chi connectivity index (χ0v) is 22.0. The van der Waals surface area contributed by atoms with Gasteiger partial charge in [0.2, 0.25) is 0 Å². The molecular formula is C32H39N3. The summed E-state index contributed by atoms with van der Waals surface area (Å²) in [4.78, 5) is 0. The Balaban J connectivity index is 0.000000234. The van der Waals surface area contributed by atoms with Gasteiger partial charge in [-0.3, -0.25) is 0 Å². The van der Waals surface area contributed by atoms with E-state index in [-0.39, 0.29) is 0 Å². The van der Waals surface area contributed by atoms with Crippen LogP contribution in [0.15, 0.2) is 84.9 Å². The van der Waals surface area contributed by atoms with Crippen LogP contribution in [0.3, 0.4) is 0 Å². The Labute approximate surface area is 211 Å². The van der Waals surface area contributed by atoms with Crippen molar-refractivity contribution in [1.82, 2.24) is 0 Å². The van der Waals surface area contributed by atoms with E-state index in [9.17, 15) is 0 Å². The molecule has 0 aliphatic carbocycles. The highest BCUT2D eigenvalue weighted by Crippen LogP contribution is 2.29. The first-order valence-electron chi connectivity index (χ1n) is 11.9. The number of para-hydroxylation sites is 1. The Kier molecular flexibility index (Phi) is 10.8. The molecule has 0 aliphatic rings. The van der Waals surface area contributed by atoms with E-state index in [1.807, 2.05) is 13.1 Å². The van der Waals surface area contributed by atoms with Crippen molar-refractivity contribution in [2.45, 2.75) is 41.2 Å². The maximum Gasteiger partial charge on any atom is 0.0417 e. The first-order chi connectivity index (χ1) is 16.9. The van der Waals surface area contributed by atoms with Crippen molar-refractivity contribution in [3.63, 3.8) is 0 Å². The van der Waals surface area contributed by atoms with Gasteiger partial charge in [0, 0.05) is 30.5 Å². The summed E-state index contributed by atoms with van der Waals surface area (Å²) in [6.45, 7) is 14.1. The van der Waals surface area contributed by atoms with E-state index in [4.69, 9.17) is 5.41 Å². The number of hydrogen-bond acceptors (Lipinski definition) is 3. The molecule has 4 rings (SSSR count). The zero-order valence-electron chi connectivity index (χ0n) is 22.0. The van der Waals surface area contributed by atoms with E-state index in [2.05, 4.69) is 131 Å². The second kappa shape index (κ2) is 13.8. The third kappa shape index (κ3) is 8.46. The minimum absolute atomic E-state index is 0.880. The molecule has 0 aliphatic heterocycles. The fraction of sp³-hybridized carbons (Fsp3) is 0.219. The average molecular weight is 466 g/mol. The number of hydrogen-bond donors (Lipinski definition) is 3. The smallest absolute Gasteiger partial charge is 0.0417 e. The quantitative estimate of drug-likeness (QED) is 0.259. The predicted molar refractivity (Wildman–Crippen MR) is 155 cm³/mol. The monoisotopic (exact) mass is 465 g/mol. The van der Waals surface area contributed by atoms with Gasteiger partial charge in [-0.05, 0) is 87.4 Å². The van der Waals surface area contributed by atoms with Gasteiger partial charge in [-0.2, -0.15) is 0 Å². The molecule has 0 spiro atoms. The van der Waals surface area contributed by atoms with Crippen LogP contribution in [0.5, 0.6) is 0 Å². The van der Waals surface area contributed by atoms with Gasteiger partial charge in [0.05, 0.1) is 0 Å². The molecule has 3 heteroatoms. The van der Waals surface area contributed by atoms with Gasteiger partial charge in [0.25, 0.3) is 0 Å². The van der Waals surface area contributed by atoms with Crippen molar-refractivity contribution < 1.29 is 0 Å². The van der Waals surface area contributed by atoms with Gasteiger partial charge in [-0.1, -0.05) is 77.9 Å². The van der Waals surface area contributed by atoms with Gasteiger partial charge in [0.15, 0.2) is 0 Å². The summed E-state index contributed by atoms with van der Waals surface area (Å²) < 4.78 is 0. The third-order valence-electron chi connectivity index (χ3n) is 5.63. The molecular weight excluding hydrogens is 426 g/mol. The zero-order chi connectivity index (χ0) is 25.8. The Morgan fingerprint density at radius 1 is 0.629 bits per heavy atom. The number of nitrogens with one attached hydrogen (secondary N) is 3. The molecule has 182 valence electrons. The van der Waals surface area contributed by atoms with Crippen LogP contribution in [0.4, 0.5) is 11.4 Å². The van der Waals surface area contributed by atoms with Gasteiger partial charge in [-0.15, -0.1) is 0 Å². The molecule has 0 radical (unpaired) electrons. The van der Waals surface area contributed by atoms with Gasteiger partial charge in [-0.25, -0.2) is 0 Å². The number of benzene rings is 4. The van der Waals surface area contributed by atoms with E-state index in [0.717, 1.165) is 6.54 Å². The largest absolute Gasteiger partial charge is 0.388 e. The molecule has 0 amide bonds. The average Bonchev–Trinajstić information content (AvgIpc) is 2.84. The summed E-state index contributed by atoms with van der Waals surface area (Å²) in [5, 5.41) is 12.2. The van der Waals surface area contributed by atoms with Gasteiger partial charge >= 0.3 is 0 Å². The molecule has 3 N–H and O–H groups in total. The highest BCUT2D eigenvalue weighted by Gasteiger charge is 2.04. The molecule has 4 aromatic carbocycles. The van der Waals surface area contributed by atoms with Crippen molar-refractivity contribution in [1.29, 1.82) is 5.41 Å². The minimum atomic E-state index is 0.880. The molecule has 0 atom stereocenters. The van der Waals surface area contributed by atoms with Crippen molar-refractivity contribution >= 4 is 18.1 Å². The maximum atomic E-state index is 5.50. The molecule has 0 unspecified atom stereocenters. The lowest BCUT2D eigenvalue weighted by Gasteiger charge is -2.11. The third-order valence-corrected chi connectivity index (χ3v) is 5.63. The van der Waals surface area contributed by atoms with Gasteiger partial charge < -0.3 is 16.0 Å². The Morgan fingerprint density at radius 2 is 1.11 bits per heavy atom. The Morgan fingerprint density at radius 3 is 1.66 bits per heavy atom.